The van der Waals surface area contributed by atoms with Crippen molar-refractivity contribution >= 4 is 34.0 Å². The number of pyridine rings is 1. The molecule has 0 aliphatic carbocycles. The van der Waals surface area contributed by atoms with Crippen LogP contribution in [0.1, 0.15) is 18.4 Å². The van der Waals surface area contributed by atoms with Gasteiger partial charge in [-0.3, -0.25) is 0 Å². The van der Waals surface area contributed by atoms with Gasteiger partial charge >= 0.3 is 0 Å². The molecule has 1 aliphatic rings. The largest absolute Gasteiger partial charge is 0.393 e. The highest BCUT2D eigenvalue weighted by molar-refractivity contribution is 6.30. The molecule has 0 atom stereocenters. The van der Waals surface area contributed by atoms with Crippen molar-refractivity contribution in [1.82, 2.24) is 4.98 Å². The second-order valence-corrected chi connectivity index (χ2v) is 7.18. The van der Waals surface area contributed by atoms with Gasteiger partial charge in [0.05, 0.1) is 11.6 Å². The fraction of sp³-hybridized carbons (Fsp3) is 0.286. The zero-order valence-electron chi connectivity index (χ0n) is 14.5. The molecule has 0 unspecified atom stereocenters. The van der Waals surface area contributed by atoms with Crippen LogP contribution < -0.4 is 10.2 Å². The maximum Gasteiger partial charge on any atom is 0.129 e. The zero-order chi connectivity index (χ0) is 17.9. The maximum atomic E-state index is 9.81. The van der Waals surface area contributed by atoms with Crippen LogP contribution in [-0.4, -0.2) is 29.3 Å². The summed E-state index contributed by atoms with van der Waals surface area (Å²) < 4.78 is 0. The van der Waals surface area contributed by atoms with Crippen molar-refractivity contribution in [3.63, 3.8) is 0 Å². The molecule has 0 radical (unpaired) electrons. The van der Waals surface area contributed by atoms with Crippen molar-refractivity contribution in [2.75, 3.05) is 23.3 Å². The van der Waals surface area contributed by atoms with Gasteiger partial charge in [-0.2, -0.15) is 0 Å². The first-order chi connectivity index (χ1) is 12.7. The van der Waals surface area contributed by atoms with Gasteiger partial charge in [0, 0.05) is 41.8 Å². The minimum atomic E-state index is -0.179. The molecule has 2 N–H and O–H groups in total. The van der Waals surface area contributed by atoms with Gasteiger partial charge in [-0.1, -0.05) is 41.9 Å². The van der Waals surface area contributed by atoms with Crippen LogP contribution >= 0.6 is 11.6 Å². The summed E-state index contributed by atoms with van der Waals surface area (Å²) in [6.45, 7) is 2.43. The standard InChI is InChI=1S/C21H22ClN3O/c22-16-7-5-15(6-8-16)14-23-21-13-20(25-11-9-17(26)10-12-25)18-3-1-2-4-19(18)24-21/h1-8,13,17,26H,9-12,14H2,(H,23,24). The number of anilines is 2. The maximum absolute atomic E-state index is 9.81. The summed E-state index contributed by atoms with van der Waals surface area (Å²) >= 11 is 5.96. The highest BCUT2D eigenvalue weighted by Gasteiger charge is 2.19. The van der Waals surface area contributed by atoms with Crippen molar-refractivity contribution in [3.8, 4) is 0 Å². The predicted molar refractivity (Wildman–Crippen MR) is 108 cm³/mol. The number of halogens is 1. The lowest BCUT2D eigenvalue weighted by Crippen LogP contribution is -2.36. The first-order valence-electron chi connectivity index (χ1n) is 9.00. The number of aliphatic hydroxyl groups excluding tert-OH is 1. The average Bonchev–Trinajstić information content (AvgIpc) is 2.67. The van der Waals surface area contributed by atoms with Crippen molar-refractivity contribution in [1.29, 1.82) is 0 Å². The van der Waals surface area contributed by atoms with E-state index in [1.54, 1.807) is 0 Å². The minimum absolute atomic E-state index is 0.179. The lowest BCUT2D eigenvalue weighted by molar-refractivity contribution is 0.145. The van der Waals surface area contributed by atoms with E-state index in [2.05, 4.69) is 22.3 Å². The Morgan fingerprint density at radius 3 is 2.58 bits per heavy atom. The Balaban J connectivity index is 1.61. The molecular weight excluding hydrogens is 346 g/mol. The lowest BCUT2D eigenvalue weighted by atomic mass is 10.1. The third-order valence-electron chi connectivity index (χ3n) is 4.89. The summed E-state index contributed by atoms with van der Waals surface area (Å²) in [5.74, 6) is 0.861. The summed E-state index contributed by atoms with van der Waals surface area (Å²) in [5.41, 5.74) is 3.32. The van der Waals surface area contributed by atoms with E-state index in [1.807, 2.05) is 42.5 Å². The van der Waals surface area contributed by atoms with E-state index in [9.17, 15) is 5.11 Å². The average molecular weight is 368 g/mol. The van der Waals surface area contributed by atoms with Gasteiger partial charge in [-0.15, -0.1) is 0 Å². The molecule has 2 aromatic carbocycles. The highest BCUT2D eigenvalue weighted by Crippen LogP contribution is 2.31. The van der Waals surface area contributed by atoms with Crippen LogP contribution in [0.4, 0.5) is 11.5 Å². The third kappa shape index (κ3) is 3.76. The first kappa shape index (κ1) is 17.1. The number of hydrogen-bond donors (Lipinski definition) is 2. The normalized spacial score (nSPS) is 15.4. The van der Waals surface area contributed by atoms with Crippen LogP contribution in [0.2, 0.25) is 5.02 Å². The number of fused-ring (bicyclic) bond motifs is 1. The Morgan fingerprint density at radius 2 is 1.81 bits per heavy atom. The Hall–Kier alpha value is -2.30. The monoisotopic (exact) mass is 367 g/mol. The van der Waals surface area contributed by atoms with Crippen molar-refractivity contribution < 1.29 is 5.11 Å². The number of rotatable bonds is 4. The lowest BCUT2D eigenvalue weighted by Gasteiger charge is -2.32. The molecule has 0 amide bonds. The Kier molecular flexibility index (Phi) is 4.96. The number of nitrogens with one attached hydrogen (secondary N) is 1. The van der Waals surface area contributed by atoms with Gasteiger partial charge < -0.3 is 15.3 Å². The van der Waals surface area contributed by atoms with E-state index in [4.69, 9.17) is 16.6 Å². The molecule has 134 valence electrons. The van der Waals surface area contributed by atoms with Gasteiger partial charge in [0.15, 0.2) is 0 Å². The van der Waals surface area contributed by atoms with Crippen LogP contribution in [0, 0.1) is 0 Å². The highest BCUT2D eigenvalue weighted by atomic mass is 35.5. The molecule has 26 heavy (non-hydrogen) atoms. The molecule has 1 aliphatic heterocycles. The first-order valence-corrected chi connectivity index (χ1v) is 9.38. The number of aliphatic hydroxyl groups is 1. The fourth-order valence-electron chi connectivity index (χ4n) is 3.41. The molecule has 0 bridgehead atoms. The second kappa shape index (κ2) is 7.52. The smallest absolute Gasteiger partial charge is 0.129 e. The molecule has 5 heteroatoms. The van der Waals surface area contributed by atoms with E-state index in [1.165, 1.54) is 5.69 Å². The Bertz CT molecular complexity index is 889. The second-order valence-electron chi connectivity index (χ2n) is 6.74. The molecule has 2 heterocycles. The molecule has 3 aromatic rings. The van der Waals surface area contributed by atoms with Gasteiger partial charge in [-0.25, -0.2) is 4.98 Å². The number of para-hydroxylation sites is 1. The van der Waals surface area contributed by atoms with Crippen LogP contribution in [0.25, 0.3) is 10.9 Å². The van der Waals surface area contributed by atoms with Gasteiger partial charge in [0.25, 0.3) is 0 Å². The molecular formula is C21H22ClN3O. The van der Waals surface area contributed by atoms with Crippen LogP contribution in [-0.2, 0) is 6.54 Å². The van der Waals surface area contributed by atoms with Gasteiger partial charge in [0.1, 0.15) is 5.82 Å². The number of hydrogen-bond acceptors (Lipinski definition) is 4. The number of piperidine rings is 1. The van der Waals surface area contributed by atoms with E-state index >= 15 is 0 Å². The van der Waals surface area contributed by atoms with E-state index in [0.717, 1.165) is 53.2 Å². The van der Waals surface area contributed by atoms with Crippen LogP contribution in [0.5, 0.6) is 0 Å². The molecule has 4 rings (SSSR count). The third-order valence-corrected chi connectivity index (χ3v) is 5.14. The minimum Gasteiger partial charge on any atom is -0.393 e. The molecule has 1 aromatic heterocycles. The Morgan fingerprint density at radius 1 is 1.08 bits per heavy atom. The van der Waals surface area contributed by atoms with Gasteiger partial charge in [0.2, 0.25) is 0 Å². The number of aromatic nitrogens is 1. The SMILES string of the molecule is OC1CCN(c2cc(NCc3ccc(Cl)cc3)nc3ccccc23)CC1. The quantitative estimate of drug-likeness (QED) is 0.714. The molecule has 4 nitrogen and oxygen atoms in total. The Labute approximate surface area is 158 Å². The molecule has 1 fully saturated rings. The van der Waals surface area contributed by atoms with Crippen LogP contribution in [0.15, 0.2) is 54.6 Å². The summed E-state index contributed by atoms with van der Waals surface area (Å²) in [6, 6.07) is 18.2. The topological polar surface area (TPSA) is 48.4 Å². The van der Waals surface area contributed by atoms with Gasteiger partial charge in [-0.05, 0) is 36.6 Å². The predicted octanol–water partition coefficient (Wildman–Crippen LogP) is 4.46. The zero-order valence-corrected chi connectivity index (χ0v) is 15.3. The van der Waals surface area contributed by atoms with E-state index < -0.39 is 0 Å². The summed E-state index contributed by atoms with van der Waals surface area (Å²) in [7, 11) is 0. The number of benzene rings is 2. The summed E-state index contributed by atoms with van der Waals surface area (Å²) in [6.07, 6.45) is 1.44. The van der Waals surface area contributed by atoms with E-state index in [-0.39, 0.29) is 6.10 Å². The summed E-state index contributed by atoms with van der Waals surface area (Å²) in [5, 5.41) is 15.1. The molecule has 0 spiro atoms. The van der Waals surface area contributed by atoms with Crippen molar-refractivity contribution in [2.45, 2.75) is 25.5 Å². The van der Waals surface area contributed by atoms with Crippen molar-refractivity contribution in [3.05, 3.63) is 65.2 Å². The van der Waals surface area contributed by atoms with E-state index in [0.29, 0.717) is 6.54 Å². The molecule has 0 saturated carbocycles. The summed E-state index contributed by atoms with van der Waals surface area (Å²) in [4.78, 5) is 7.12. The molecule has 1 saturated heterocycles. The number of nitrogens with zero attached hydrogens (tertiary/aromatic N) is 2. The van der Waals surface area contributed by atoms with Crippen LogP contribution in [0.3, 0.4) is 0 Å². The fourth-order valence-corrected chi connectivity index (χ4v) is 3.54. The van der Waals surface area contributed by atoms with Crippen molar-refractivity contribution in [2.24, 2.45) is 0 Å².